The third kappa shape index (κ3) is 5.09. The minimum atomic E-state index is -4.98. The summed E-state index contributed by atoms with van der Waals surface area (Å²) in [6.07, 6.45) is -5.36. The fourth-order valence-electron chi connectivity index (χ4n) is 1.63. The highest BCUT2D eigenvalue weighted by molar-refractivity contribution is 5.74. The smallest absolute Gasteiger partial charge is 0.494 e. The summed E-state index contributed by atoms with van der Waals surface area (Å²) in [6.45, 7) is 0.509. The molecule has 0 saturated carbocycles. The molecular formula is C12H13F4NO4. The number of nitrogens with zero attached hydrogens (tertiary/aromatic N) is 1. The van der Waals surface area contributed by atoms with Crippen LogP contribution >= 0.6 is 0 Å². The number of hydrogen-bond donors (Lipinski definition) is 0. The molecule has 0 saturated heterocycles. The number of esters is 1. The summed E-state index contributed by atoms with van der Waals surface area (Å²) >= 11 is 0. The highest BCUT2D eigenvalue weighted by Gasteiger charge is 2.32. The molecule has 1 aromatic rings. The molecule has 118 valence electrons. The molecule has 0 aliphatic carbocycles. The monoisotopic (exact) mass is 311 g/mol. The van der Waals surface area contributed by atoms with Gasteiger partial charge in [-0.25, -0.2) is 9.37 Å². The van der Waals surface area contributed by atoms with Crippen LogP contribution in [0.4, 0.5) is 17.6 Å². The lowest BCUT2D eigenvalue weighted by molar-refractivity contribution is -0.276. The van der Waals surface area contributed by atoms with E-state index in [2.05, 4.69) is 14.5 Å². The Labute approximate surface area is 117 Å². The average Bonchev–Trinajstić information content (AvgIpc) is 2.36. The Kier molecular flexibility index (Phi) is 5.74. The lowest BCUT2D eigenvalue weighted by atomic mass is 10.1. The van der Waals surface area contributed by atoms with Crippen LogP contribution in [0.15, 0.2) is 6.07 Å². The Bertz CT molecular complexity index is 505. The minimum absolute atomic E-state index is 0.00199. The van der Waals surface area contributed by atoms with E-state index in [1.54, 1.807) is 6.92 Å². The van der Waals surface area contributed by atoms with Crippen LogP contribution in [0.2, 0.25) is 0 Å². The number of aromatic nitrogens is 1. The van der Waals surface area contributed by atoms with Gasteiger partial charge in [-0.05, 0) is 6.92 Å². The number of alkyl halides is 4. The van der Waals surface area contributed by atoms with Gasteiger partial charge >= 0.3 is 12.3 Å². The van der Waals surface area contributed by atoms with Gasteiger partial charge < -0.3 is 14.2 Å². The van der Waals surface area contributed by atoms with Crippen molar-refractivity contribution >= 4 is 5.97 Å². The van der Waals surface area contributed by atoms with Crippen molar-refractivity contribution in [2.24, 2.45) is 0 Å². The molecule has 0 bridgehead atoms. The standard InChI is InChI=1S/C12H13F4NO4/c1-3-20-10(18)5-7-4-9(21-12(14,15)16)17-8(6-13)11(7)19-2/h4H,3,5-6H2,1-2H3. The predicted molar refractivity (Wildman–Crippen MR) is 62.6 cm³/mol. The fraction of sp³-hybridized carbons (Fsp3) is 0.500. The molecular weight excluding hydrogens is 298 g/mol. The number of methoxy groups -OCH3 is 1. The molecule has 1 rings (SSSR count). The summed E-state index contributed by atoms with van der Waals surface area (Å²) in [6, 6.07) is 0.863. The Morgan fingerprint density at radius 1 is 1.38 bits per heavy atom. The van der Waals surface area contributed by atoms with Crippen molar-refractivity contribution in [1.29, 1.82) is 0 Å². The Hall–Kier alpha value is -2.06. The molecule has 0 spiro atoms. The van der Waals surface area contributed by atoms with E-state index in [-0.39, 0.29) is 24.3 Å². The maximum absolute atomic E-state index is 12.9. The maximum atomic E-state index is 12.9. The van der Waals surface area contributed by atoms with Crippen LogP contribution in [-0.4, -0.2) is 31.0 Å². The van der Waals surface area contributed by atoms with Gasteiger partial charge in [-0.3, -0.25) is 4.79 Å². The van der Waals surface area contributed by atoms with Gasteiger partial charge in [0.2, 0.25) is 5.88 Å². The summed E-state index contributed by atoms with van der Waals surface area (Å²) in [7, 11) is 1.19. The number of carbonyl (C=O) groups excluding carboxylic acids is 1. The number of rotatable bonds is 6. The molecule has 21 heavy (non-hydrogen) atoms. The van der Waals surface area contributed by atoms with Crippen LogP contribution in [0.3, 0.4) is 0 Å². The fourth-order valence-corrected chi connectivity index (χ4v) is 1.63. The van der Waals surface area contributed by atoms with Crippen LogP contribution in [-0.2, 0) is 22.6 Å². The molecule has 0 unspecified atom stereocenters. The predicted octanol–water partition coefficient (Wildman–Crippen LogP) is 2.56. The first-order valence-corrected chi connectivity index (χ1v) is 5.84. The van der Waals surface area contributed by atoms with Crippen LogP contribution in [0, 0.1) is 0 Å². The normalized spacial score (nSPS) is 11.1. The molecule has 0 fully saturated rings. The molecule has 1 aromatic heterocycles. The highest BCUT2D eigenvalue weighted by atomic mass is 19.4. The number of hydrogen-bond acceptors (Lipinski definition) is 5. The Morgan fingerprint density at radius 2 is 2.05 bits per heavy atom. The molecule has 9 heteroatoms. The summed E-state index contributed by atoms with van der Waals surface area (Å²) in [5, 5.41) is 0. The largest absolute Gasteiger partial charge is 0.574 e. The molecule has 1 heterocycles. The summed E-state index contributed by atoms with van der Waals surface area (Å²) in [4.78, 5) is 14.8. The van der Waals surface area contributed by atoms with E-state index in [1.165, 1.54) is 7.11 Å². The number of halogens is 4. The molecule has 0 amide bonds. The van der Waals surface area contributed by atoms with Gasteiger partial charge in [-0.15, -0.1) is 13.2 Å². The van der Waals surface area contributed by atoms with Gasteiger partial charge in [0.15, 0.2) is 0 Å². The molecule has 0 N–H and O–H groups in total. The number of pyridine rings is 1. The molecule has 0 aromatic carbocycles. The van der Waals surface area contributed by atoms with Crippen molar-refractivity contribution in [1.82, 2.24) is 4.98 Å². The molecule has 0 radical (unpaired) electrons. The topological polar surface area (TPSA) is 57.7 Å². The molecule has 0 aliphatic rings. The van der Waals surface area contributed by atoms with E-state index in [0.29, 0.717) is 0 Å². The van der Waals surface area contributed by atoms with Crippen molar-refractivity contribution < 1.29 is 36.6 Å². The second-order valence-electron chi connectivity index (χ2n) is 3.76. The van der Waals surface area contributed by atoms with Crippen molar-refractivity contribution in [3.8, 4) is 11.6 Å². The Morgan fingerprint density at radius 3 is 2.52 bits per heavy atom. The first-order valence-electron chi connectivity index (χ1n) is 5.84. The first-order chi connectivity index (χ1) is 9.80. The summed E-state index contributed by atoms with van der Waals surface area (Å²) in [5.74, 6) is -1.67. The van der Waals surface area contributed by atoms with E-state index < -0.39 is 30.6 Å². The lowest BCUT2D eigenvalue weighted by Gasteiger charge is -2.14. The third-order valence-electron chi connectivity index (χ3n) is 2.29. The second kappa shape index (κ2) is 7.09. The van der Waals surface area contributed by atoms with Gasteiger partial charge in [-0.2, -0.15) is 0 Å². The van der Waals surface area contributed by atoms with E-state index in [9.17, 15) is 22.4 Å². The van der Waals surface area contributed by atoms with Crippen LogP contribution < -0.4 is 9.47 Å². The van der Waals surface area contributed by atoms with Crippen molar-refractivity contribution in [2.45, 2.75) is 26.4 Å². The third-order valence-corrected chi connectivity index (χ3v) is 2.29. The van der Waals surface area contributed by atoms with Gasteiger partial charge in [0, 0.05) is 11.6 Å². The molecule has 0 atom stereocenters. The van der Waals surface area contributed by atoms with E-state index in [4.69, 9.17) is 4.74 Å². The highest BCUT2D eigenvalue weighted by Crippen LogP contribution is 2.30. The average molecular weight is 311 g/mol. The lowest BCUT2D eigenvalue weighted by Crippen LogP contribution is -2.19. The van der Waals surface area contributed by atoms with E-state index in [1.807, 2.05) is 0 Å². The van der Waals surface area contributed by atoms with Crippen LogP contribution in [0.25, 0.3) is 0 Å². The van der Waals surface area contributed by atoms with Gasteiger partial charge in [-0.1, -0.05) is 0 Å². The maximum Gasteiger partial charge on any atom is 0.574 e. The van der Waals surface area contributed by atoms with Crippen LogP contribution in [0.5, 0.6) is 11.6 Å². The zero-order valence-electron chi connectivity index (χ0n) is 11.3. The van der Waals surface area contributed by atoms with Gasteiger partial charge in [0.25, 0.3) is 0 Å². The summed E-state index contributed by atoms with van der Waals surface area (Å²) < 4.78 is 62.7. The molecule has 5 nitrogen and oxygen atoms in total. The van der Waals surface area contributed by atoms with E-state index >= 15 is 0 Å². The van der Waals surface area contributed by atoms with E-state index in [0.717, 1.165) is 6.07 Å². The van der Waals surface area contributed by atoms with Crippen molar-refractivity contribution in [2.75, 3.05) is 13.7 Å². The SMILES string of the molecule is CCOC(=O)Cc1cc(OC(F)(F)F)nc(CF)c1OC. The Balaban J connectivity index is 3.18. The zero-order valence-corrected chi connectivity index (χ0v) is 11.3. The van der Waals surface area contributed by atoms with Crippen LogP contribution in [0.1, 0.15) is 18.2 Å². The zero-order chi connectivity index (χ0) is 16.0. The minimum Gasteiger partial charge on any atom is -0.494 e. The number of carbonyl (C=O) groups is 1. The number of ether oxygens (including phenoxy) is 3. The first kappa shape index (κ1) is 17.0. The van der Waals surface area contributed by atoms with Gasteiger partial charge in [0.05, 0.1) is 20.1 Å². The molecule has 0 aliphatic heterocycles. The second-order valence-corrected chi connectivity index (χ2v) is 3.76. The quantitative estimate of drug-likeness (QED) is 0.597. The van der Waals surface area contributed by atoms with Crippen molar-refractivity contribution in [3.05, 3.63) is 17.3 Å². The van der Waals surface area contributed by atoms with Crippen molar-refractivity contribution in [3.63, 3.8) is 0 Å². The van der Waals surface area contributed by atoms with Gasteiger partial charge in [0.1, 0.15) is 18.1 Å². The summed E-state index contributed by atoms with van der Waals surface area (Å²) in [5.41, 5.74) is -0.392.